The largest absolute Gasteiger partial charge is 0.295 e. The number of hydrogen-bond donors (Lipinski definition) is 1. The molecule has 1 atom stereocenters. The van der Waals surface area contributed by atoms with E-state index in [0.717, 1.165) is 13.1 Å². The lowest BCUT2D eigenvalue weighted by Gasteiger charge is -2.29. The fourth-order valence-corrected chi connectivity index (χ4v) is 3.40. The Kier molecular flexibility index (Phi) is 3.36. The Labute approximate surface area is 125 Å². The lowest BCUT2D eigenvalue weighted by Crippen LogP contribution is -2.50. The molecule has 2 aliphatic rings. The lowest BCUT2D eigenvalue weighted by molar-refractivity contribution is -0.137. The van der Waals surface area contributed by atoms with Gasteiger partial charge in [0.25, 0.3) is 0 Å². The fraction of sp³-hybridized carbons (Fsp3) is 0.529. The number of fused-ring (bicyclic) bond motifs is 1. The highest BCUT2D eigenvalue weighted by Gasteiger charge is 2.36. The minimum absolute atomic E-state index is 0.103. The van der Waals surface area contributed by atoms with Crippen molar-refractivity contribution >= 4 is 11.8 Å². The van der Waals surface area contributed by atoms with Gasteiger partial charge in [-0.15, -0.1) is 0 Å². The summed E-state index contributed by atoms with van der Waals surface area (Å²) in [6.07, 6.45) is 1.07. The summed E-state index contributed by atoms with van der Waals surface area (Å²) in [5.41, 5.74) is 4.13. The molecule has 21 heavy (non-hydrogen) atoms. The van der Waals surface area contributed by atoms with E-state index >= 15 is 0 Å². The Morgan fingerprint density at radius 2 is 1.95 bits per heavy atom. The highest BCUT2D eigenvalue weighted by molar-refractivity contribution is 6.00. The van der Waals surface area contributed by atoms with Crippen molar-refractivity contribution in [2.75, 3.05) is 0 Å². The van der Waals surface area contributed by atoms with E-state index in [2.05, 4.69) is 49.2 Å². The van der Waals surface area contributed by atoms with Gasteiger partial charge in [-0.25, -0.2) is 0 Å². The van der Waals surface area contributed by atoms with E-state index in [1.165, 1.54) is 16.7 Å². The van der Waals surface area contributed by atoms with Crippen LogP contribution in [0.4, 0.5) is 0 Å². The van der Waals surface area contributed by atoms with Crippen molar-refractivity contribution in [3.05, 3.63) is 34.9 Å². The van der Waals surface area contributed by atoms with Crippen molar-refractivity contribution in [3.8, 4) is 0 Å². The average molecular weight is 286 g/mol. The first kappa shape index (κ1) is 14.3. The van der Waals surface area contributed by atoms with Gasteiger partial charge in [0.15, 0.2) is 0 Å². The van der Waals surface area contributed by atoms with Gasteiger partial charge in [-0.1, -0.05) is 39.0 Å². The number of piperidine rings is 1. The highest BCUT2D eigenvalue weighted by atomic mass is 16.2. The SMILES string of the molecule is CC(C)(C)c1cccc2c1CN(C1CCC(=O)NC1=O)C2. The standard InChI is InChI=1S/C17H22N2O2/c1-17(2,3)13-6-4-5-11-9-19(10-12(11)13)14-7-8-15(20)18-16(14)21/h4-6,14H,7-10H2,1-3H3,(H,18,20,21). The first-order valence-corrected chi connectivity index (χ1v) is 7.55. The van der Waals surface area contributed by atoms with E-state index in [1.807, 2.05) is 0 Å². The van der Waals surface area contributed by atoms with Crippen LogP contribution in [-0.4, -0.2) is 22.8 Å². The van der Waals surface area contributed by atoms with Crippen LogP contribution in [0.2, 0.25) is 0 Å². The maximum absolute atomic E-state index is 12.1. The van der Waals surface area contributed by atoms with Crippen molar-refractivity contribution in [3.63, 3.8) is 0 Å². The third-order valence-corrected chi connectivity index (χ3v) is 4.47. The van der Waals surface area contributed by atoms with Crippen LogP contribution in [0.15, 0.2) is 18.2 Å². The van der Waals surface area contributed by atoms with Crippen LogP contribution in [0.25, 0.3) is 0 Å². The molecule has 2 heterocycles. The van der Waals surface area contributed by atoms with Crippen molar-refractivity contribution in [2.24, 2.45) is 0 Å². The zero-order valence-electron chi connectivity index (χ0n) is 12.9. The monoisotopic (exact) mass is 286 g/mol. The summed E-state index contributed by atoms with van der Waals surface area (Å²) in [7, 11) is 0. The topological polar surface area (TPSA) is 49.4 Å². The van der Waals surface area contributed by atoms with Gasteiger partial charge in [-0.2, -0.15) is 0 Å². The Balaban J connectivity index is 1.85. The predicted molar refractivity (Wildman–Crippen MR) is 80.6 cm³/mol. The molecule has 112 valence electrons. The molecule has 3 rings (SSSR count). The second-order valence-corrected chi connectivity index (χ2v) is 7.07. The normalized spacial score (nSPS) is 23.1. The summed E-state index contributed by atoms with van der Waals surface area (Å²) in [5.74, 6) is -0.292. The zero-order valence-corrected chi connectivity index (χ0v) is 12.9. The van der Waals surface area contributed by atoms with Gasteiger partial charge >= 0.3 is 0 Å². The molecule has 0 aliphatic carbocycles. The van der Waals surface area contributed by atoms with Crippen molar-refractivity contribution in [1.29, 1.82) is 0 Å². The summed E-state index contributed by atoms with van der Waals surface area (Å²) < 4.78 is 0. The van der Waals surface area contributed by atoms with Gasteiger partial charge in [0, 0.05) is 19.5 Å². The van der Waals surface area contributed by atoms with E-state index in [4.69, 9.17) is 0 Å². The van der Waals surface area contributed by atoms with Gasteiger partial charge < -0.3 is 0 Å². The molecule has 1 unspecified atom stereocenters. The van der Waals surface area contributed by atoms with Gasteiger partial charge in [0.05, 0.1) is 6.04 Å². The van der Waals surface area contributed by atoms with E-state index in [-0.39, 0.29) is 23.3 Å². The summed E-state index contributed by atoms with van der Waals surface area (Å²) >= 11 is 0. The molecule has 0 spiro atoms. The highest BCUT2D eigenvalue weighted by Crippen LogP contribution is 2.35. The molecule has 1 aromatic rings. The molecular weight excluding hydrogens is 264 g/mol. The second-order valence-electron chi connectivity index (χ2n) is 7.07. The fourth-order valence-electron chi connectivity index (χ4n) is 3.40. The lowest BCUT2D eigenvalue weighted by atomic mass is 9.83. The number of carbonyl (C=O) groups excluding carboxylic acids is 2. The Bertz CT molecular complexity index is 601. The number of nitrogens with one attached hydrogen (secondary N) is 1. The van der Waals surface area contributed by atoms with Crippen LogP contribution >= 0.6 is 0 Å². The maximum atomic E-state index is 12.1. The molecule has 1 aromatic carbocycles. The molecule has 0 aromatic heterocycles. The van der Waals surface area contributed by atoms with Crippen LogP contribution in [0.5, 0.6) is 0 Å². The first-order valence-electron chi connectivity index (χ1n) is 7.55. The molecule has 4 nitrogen and oxygen atoms in total. The van der Waals surface area contributed by atoms with Gasteiger partial charge in [-0.3, -0.25) is 19.8 Å². The minimum atomic E-state index is -0.178. The first-order chi connectivity index (χ1) is 9.86. The Morgan fingerprint density at radius 3 is 2.62 bits per heavy atom. The number of amides is 2. The molecule has 1 saturated heterocycles. The van der Waals surface area contributed by atoms with Crippen LogP contribution in [0.1, 0.15) is 50.3 Å². The van der Waals surface area contributed by atoms with Gasteiger partial charge in [0.1, 0.15) is 0 Å². The average Bonchev–Trinajstić information content (AvgIpc) is 2.80. The van der Waals surface area contributed by atoms with Crippen LogP contribution in [0, 0.1) is 0 Å². The van der Waals surface area contributed by atoms with Gasteiger partial charge in [-0.05, 0) is 28.5 Å². The Morgan fingerprint density at radius 1 is 1.19 bits per heavy atom. The van der Waals surface area contributed by atoms with E-state index in [1.54, 1.807) is 0 Å². The second kappa shape index (κ2) is 4.95. The number of rotatable bonds is 1. The molecule has 2 amide bonds. The van der Waals surface area contributed by atoms with Crippen molar-refractivity contribution in [1.82, 2.24) is 10.2 Å². The molecule has 2 aliphatic heterocycles. The molecule has 1 N–H and O–H groups in total. The zero-order chi connectivity index (χ0) is 15.2. The van der Waals surface area contributed by atoms with E-state index in [0.29, 0.717) is 12.8 Å². The number of imide groups is 1. The number of hydrogen-bond acceptors (Lipinski definition) is 3. The van der Waals surface area contributed by atoms with Gasteiger partial charge in [0.2, 0.25) is 11.8 Å². The van der Waals surface area contributed by atoms with Crippen molar-refractivity contribution < 1.29 is 9.59 Å². The minimum Gasteiger partial charge on any atom is -0.295 e. The van der Waals surface area contributed by atoms with E-state index < -0.39 is 0 Å². The number of carbonyl (C=O) groups is 2. The number of benzene rings is 1. The molecule has 0 saturated carbocycles. The maximum Gasteiger partial charge on any atom is 0.243 e. The van der Waals surface area contributed by atoms with E-state index in [9.17, 15) is 9.59 Å². The third-order valence-electron chi connectivity index (χ3n) is 4.47. The molecule has 0 bridgehead atoms. The molecular formula is C17H22N2O2. The molecule has 0 radical (unpaired) electrons. The summed E-state index contributed by atoms with van der Waals surface area (Å²) in [4.78, 5) is 25.5. The predicted octanol–water partition coefficient (Wildman–Crippen LogP) is 2.10. The third kappa shape index (κ3) is 2.60. The quantitative estimate of drug-likeness (QED) is 0.804. The summed E-state index contributed by atoms with van der Waals surface area (Å²) in [6, 6.07) is 6.26. The van der Waals surface area contributed by atoms with Crippen molar-refractivity contribution in [2.45, 2.75) is 58.2 Å². The van der Waals surface area contributed by atoms with Crippen LogP contribution in [0.3, 0.4) is 0 Å². The van der Waals surface area contributed by atoms with Crippen LogP contribution < -0.4 is 5.32 Å². The smallest absolute Gasteiger partial charge is 0.243 e. The number of nitrogens with zero attached hydrogens (tertiary/aromatic N) is 1. The summed E-state index contributed by atoms with van der Waals surface area (Å²) in [5, 5.41) is 2.46. The van der Waals surface area contributed by atoms with Crippen LogP contribution in [-0.2, 0) is 28.1 Å². The summed E-state index contributed by atoms with van der Waals surface area (Å²) in [6.45, 7) is 8.26. The Hall–Kier alpha value is -1.68. The molecule has 4 heteroatoms. The molecule has 1 fully saturated rings.